The Morgan fingerprint density at radius 3 is 1.40 bits per heavy atom. The van der Waals surface area contributed by atoms with Crippen LogP contribution in [0.25, 0.3) is 0 Å². The monoisotopic (exact) mass is 1280 g/mol. The fourth-order valence-electron chi connectivity index (χ4n) is 12.7. The van der Waals surface area contributed by atoms with E-state index in [4.69, 9.17) is 61.6 Å². The Balaban J connectivity index is 1.23. The number of hydrogen-bond acceptors (Lipinski definition) is 30. The molecule has 510 valence electrons. The summed E-state index contributed by atoms with van der Waals surface area (Å²) in [5, 5.41) is 173. The van der Waals surface area contributed by atoms with Crippen molar-refractivity contribution in [2.75, 3.05) is 33.0 Å². The number of amides is 2. The van der Waals surface area contributed by atoms with Crippen LogP contribution in [0.4, 0.5) is 0 Å². The second kappa shape index (κ2) is 30.6. The predicted molar refractivity (Wildman–Crippen MR) is 288 cm³/mol. The van der Waals surface area contributed by atoms with Crippen LogP contribution in [0.2, 0.25) is 0 Å². The molecule has 88 heavy (non-hydrogen) atoms. The molecule has 17 N–H and O–H groups in total. The summed E-state index contributed by atoms with van der Waals surface area (Å²) in [6.45, 7) is 12.1. The van der Waals surface area contributed by atoms with Crippen molar-refractivity contribution in [2.45, 2.75) is 259 Å². The summed E-state index contributed by atoms with van der Waals surface area (Å²) in [7, 11) is 0. The number of aliphatic carboxylic acids is 1. The Kier molecular flexibility index (Phi) is 25.3. The van der Waals surface area contributed by atoms with Crippen LogP contribution in [-0.4, -0.2) is 311 Å². The third-order valence-electron chi connectivity index (χ3n) is 19.0. The number of ether oxygens (including phenoxy) is 13. The zero-order chi connectivity index (χ0) is 65.3. The van der Waals surface area contributed by atoms with E-state index in [-0.39, 0.29) is 35.7 Å². The van der Waals surface area contributed by atoms with Gasteiger partial charge in [0.25, 0.3) is 5.79 Å². The van der Waals surface area contributed by atoms with Crippen LogP contribution in [0.3, 0.4) is 0 Å². The van der Waals surface area contributed by atoms with Crippen LogP contribution in [0.15, 0.2) is 0 Å². The number of aliphatic hydroxyl groups excluding tert-OH is 14. The molecule has 0 bridgehead atoms. The van der Waals surface area contributed by atoms with Crippen molar-refractivity contribution in [2.24, 2.45) is 35.5 Å². The summed E-state index contributed by atoms with van der Waals surface area (Å²) in [5.74, 6) is -7.65. The smallest absolute Gasteiger partial charge is 0.364 e. The first-order chi connectivity index (χ1) is 41.4. The Morgan fingerprint density at radius 1 is 0.477 bits per heavy atom. The summed E-state index contributed by atoms with van der Waals surface area (Å²) in [5.41, 5.74) is 0. The summed E-state index contributed by atoms with van der Waals surface area (Å²) in [4.78, 5) is 39.2. The van der Waals surface area contributed by atoms with E-state index < -0.39 is 241 Å². The fraction of sp³-hybridized carbons (Fsp3) is 0.945. The van der Waals surface area contributed by atoms with Gasteiger partial charge in [-0.05, 0) is 37.5 Å². The molecule has 0 aromatic rings. The lowest BCUT2D eigenvalue weighted by Gasteiger charge is -2.53. The molecule has 0 aromatic carbocycles. The minimum atomic E-state index is -3.19. The molecule has 0 saturated carbocycles. The maximum atomic E-state index is 13.7. The third-order valence-corrected chi connectivity index (χ3v) is 19.0. The van der Waals surface area contributed by atoms with Gasteiger partial charge in [0, 0.05) is 32.1 Å². The molecule has 33 nitrogen and oxygen atoms in total. The van der Waals surface area contributed by atoms with E-state index in [9.17, 15) is 91.0 Å². The first-order valence-electron chi connectivity index (χ1n) is 29.9. The highest BCUT2D eigenvalue weighted by molar-refractivity contribution is 5.76. The van der Waals surface area contributed by atoms with Gasteiger partial charge in [-0.2, -0.15) is 0 Å². The Labute approximate surface area is 507 Å². The van der Waals surface area contributed by atoms with Gasteiger partial charge in [-0.1, -0.05) is 41.5 Å². The van der Waals surface area contributed by atoms with Crippen molar-refractivity contribution in [3.8, 4) is 0 Å². The van der Waals surface area contributed by atoms with E-state index in [0.29, 0.717) is 0 Å². The summed E-state index contributed by atoms with van der Waals surface area (Å²) >= 11 is 0. The molecule has 7 heterocycles. The van der Waals surface area contributed by atoms with E-state index in [2.05, 4.69) is 10.6 Å². The zero-order valence-corrected chi connectivity index (χ0v) is 50.7. The molecule has 33 heteroatoms. The van der Waals surface area contributed by atoms with Crippen LogP contribution in [0, 0.1) is 35.5 Å². The standard InChI is InChI=1S/C55H94N2O31/c1-17-19(3)23(7)76-49(21(17)5)82-42-32(16-62)81-53(40(72)47(42)88-55(54(74)75)11-27(65)33(56-25(9)63)44(87-55)35(67)28(66)12-58)84-43-34(57-26(10)64)51(79-29(13-59)36(43)68)85-45-37(69)30(14-60)80-52(39(45)71)83-41-31(15-61)78-48(73)38(70)46(41)86-50-22(6)18(2)20(4)24(8)77-50/h17-24,27-53,58-62,65-73H,11-16H2,1-10H3,(H,56,63)(H,57,64)(H,74,75)/t17-,18-,19+,20+,21+,22+,23+,24+,27+,28-,29-,30-,31-,32-,33-,34-,35-,36-,37+,38-,39-,40-,41-,42+,43-,44-,45+,46-,47-,48?,49-,50-,51+,52+,53+,55+/m1/s1. The number of carbonyl (C=O) groups is 3. The average Bonchev–Trinajstić information content (AvgIpc) is 0.981. The molecule has 7 fully saturated rings. The van der Waals surface area contributed by atoms with Crippen molar-refractivity contribution in [1.29, 1.82) is 0 Å². The van der Waals surface area contributed by atoms with Crippen molar-refractivity contribution in [1.82, 2.24) is 10.6 Å². The molecule has 7 aliphatic rings. The van der Waals surface area contributed by atoms with Gasteiger partial charge >= 0.3 is 5.97 Å². The Morgan fingerprint density at radius 2 is 0.898 bits per heavy atom. The number of nitrogens with one attached hydrogen (secondary N) is 2. The lowest BCUT2D eigenvalue weighted by molar-refractivity contribution is -0.401. The minimum absolute atomic E-state index is 0.0248. The number of carboxylic acid groups (broad SMARTS) is 1. The number of hydrogen-bond donors (Lipinski definition) is 17. The quantitative estimate of drug-likeness (QED) is 0.0479. The third kappa shape index (κ3) is 15.3. The Bertz CT molecular complexity index is 2250. The number of aliphatic hydroxyl groups is 14. The lowest BCUT2D eigenvalue weighted by atomic mass is 9.79. The molecular formula is C55H94N2O31. The van der Waals surface area contributed by atoms with Gasteiger partial charge in [-0.15, -0.1) is 0 Å². The normalized spacial score (nSPS) is 49.3. The van der Waals surface area contributed by atoms with Gasteiger partial charge in [-0.25, -0.2) is 4.79 Å². The number of carboxylic acids is 1. The topological polar surface area (TPSA) is 499 Å². The molecule has 0 radical (unpaired) electrons. The van der Waals surface area contributed by atoms with Crippen LogP contribution >= 0.6 is 0 Å². The van der Waals surface area contributed by atoms with E-state index >= 15 is 0 Å². The van der Waals surface area contributed by atoms with Gasteiger partial charge in [0.15, 0.2) is 37.7 Å². The van der Waals surface area contributed by atoms with Gasteiger partial charge in [0.2, 0.25) is 11.8 Å². The molecule has 0 aromatic heterocycles. The Hall–Kier alpha value is -2.67. The van der Waals surface area contributed by atoms with Gasteiger partial charge in [-0.3, -0.25) is 9.59 Å². The van der Waals surface area contributed by atoms with Gasteiger partial charge < -0.3 is 149 Å². The summed E-state index contributed by atoms with van der Waals surface area (Å²) in [6.07, 6.45) is -49.0. The van der Waals surface area contributed by atoms with Crippen LogP contribution in [0.5, 0.6) is 0 Å². The maximum absolute atomic E-state index is 13.7. The molecular weight excluding hydrogens is 1180 g/mol. The molecule has 0 aliphatic carbocycles. The van der Waals surface area contributed by atoms with Crippen molar-refractivity contribution >= 4 is 17.8 Å². The molecule has 1 unspecified atom stereocenters. The highest BCUT2D eigenvalue weighted by atomic mass is 16.8. The first-order valence-corrected chi connectivity index (χ1v) is 29.9. The van der Waals surface area contributed by atoms with Crippen molar-refractivity contribution in [3.05, 3.63) is 0 Å². The fourth-order valence-corrected chi connectivity index (χ4v) is 12.7. The second-order valence-corrected chi connectivity index (χ2v) is 24.6. The molecule has 7 saturated heterocycles. The first kappa shape index (κ1) is 72.8. The molecule has 7 rings (SSSR count). The van der Waals surface area contributed by atoms with Gasteiger partial charge in [0.05, 0.1) is 57.4 Å². The average molecular weight is 1280 g/mol. The predicted octanol–water partition coefficient (Wildman–Crippen LogP) is -7.08. The SMILES string of the molecule is CC(=O)N[C@H]1[C@H](O[C@H]2[C@@H](O)[C@@H](CO)O[C@@H](O[C@H]3[C@H](O[C@H]4O[C@@H](C)[C@@H](C)[C@@H](C)[C@@H]4C)[C@@H](O)C(O)O[C@@H]3CO)[C@@H]2O)O[C@H](CO)[C@@H](O)[C@@H]1O[C@@H]1O[C@H](CO)[C@H](O[C@H]2O[C@@H](C)[C@@H](C)[C@@H](C)[C@@H]2C)[C@H](O[C@]2(C(=O)O)C[C@H](O)[C@@H](NC(C)=O)[C@H]([C@H](O)[C@H](O)CO)O2)[C@H]1O. The van der Waals surface area contributed by atoms with E-state index in [0.717, 1.165) is 13.8 Å². The van der Waals surface area contributed by atoms with E-state index in [1.54, 1.807) is 13.8 Å². The molecule has 0 spiro atoms. The maximum Gasteiger partial charge on any atom is 0.364 e. The second-order valence-electron chi connectivity index (χ2n) is 24.6. The lowest BCUT2D eigenvalue weighted by Crippen LogP contribution is -2.72. The molecule has 7 aliphatic heterocycles. The summed E-state index contributed by atoms with van der Waals surface area (Å²) < 4.78 is 79.7. The number of rotatable bonds is 22. The van der Waals surface area contributed by atoms with E-state index in [1.165, 1.54) is 0 Å². The molecule has 36 atom stereocenters. The van der Waals surface area contributed by atoms with Gasteiger partial charge in [0.1, 0.15) is 116 Å². The minimum Gasteiger partial charge on any atom is -0.477 e. The van der Waals surface area contributed by atoms with Crippen LogP contribution in [-0.2, 0) is 76.0 Å². The summed E-state index contributed by atoms with van der Waals surface area (Å²) in [6, 6.07) is -3.52. The van der Waals surface area contributed by atoms with Crippen molar-refractivity contribution < 1.29 is 153 Å². The highest BCUT2D eigenvalue weighted by Crippen LogP contribution is 2.44. The zero-order valence-electron chi connectivity index (χ0n) is 50.7. The highest BCUT2D eigenvalue weighted by Gasteiger charge is 2.62. The number of carbonyl (C=O) groups excluding carboxylic acids is 2. The van der Waals surface area contributed by atoms with Crippen molar-refractivity contribution in [3.63, 3.8) is 0 Å². The largest absolute Gasteiger partial charge is 0.477 e. The molecule has 2 amide bonds. The van der Waals surface area contributed by atoms with Crippen LogP contribution in [0.1, 0.15) is 75.7 Å². The van der Waals surface area contributed by atoms with Crippen LogP contribution < -0.4 is 10.6 Å². The van der Waals surface area contributed by atoms with E-state index in [1.807, 2.05) is 41.5 Å².